The number of benzene rings is 1. The van der Waals surface area contributed by atoms with Crippen LogP contribution < -0.4 is 10.5 Å². The fourth-order valence-electron chi connectivity index (χ4n) is 2.87. The molecule has 1 aromatic carbocycles. The van der Waals surface area contributed by atoms with Gasteiger partial charge >= 0.3 is 6.18 Å². The van der Waals surface area contributed by atoms with Crippen LogP contribution in [0.25, 0.3) is 0 Å². The third kappa shape index (κ3) is 4.37. The third-order valence-electron chi connectivity index (χ3n) is 4.09. The number of alkyl halides is 3. The predicted molar refractivity (Wildman–Crippen MR) is 84.0 cm³/mol. The van der Waals surface area contributed by atoms with Crippen molar-refractivity contribution in [1.29, 1.82) is 0 Å². The third-order valence-corrected chi connectivity index (χ3v) is 5.83. The Kier molecular flexibility index (Phi) is 6.12. The van der Waals surface area contributed by atoms with Gasteiger partial charge < -0.3 is 5.73 Å². The molecule has 1 aromatic rings. The quantitative estimate of drug-likeness (QED) is 0.853. The van der Waals surface area contributed by atoms with Crippen LogP contribution >= 0.6 is 12.4 Å². The molecule has 0 aromatic heterocycles. The second kappa shape index (κ2) is 6.96. The first kappa shape index (κ1) is 20.2. The van der Waals surface area contributed by atoms with Gasteiger partial charge in [-0.3, -0.25) is 0 Å². The number of hydrogen-bond donors (Lipinski definition) is 2. The molecule has 4 nitrogen and oxygen atoms in total. The van der Waals surface area contributed by atoms with Crippen LogP contribution in [0, 0.1) is 6.92 Å². The van der Waals surface area contributed by atoms with Crippen molar-refractivity contribution in [1.82, 2.24) is 4.72 Å². The van der Waals surface area contributed by atoms with Crippen LogP contribution in [0.2, 0.25) is 0 Å². The Balaban J connectivity index is 0.00000264. The second-order valence-electron chi connectivity index (χ2n) is 5.78. The minimum atomic E-state index is -4.50. The Bertz CT molecular complexity index is 656. The Labute approximate surface area is 140 Å². The molecule has 1 aliphatic carbocycles. The topological polar surface area (TPSA) is 72.2 Å². The number of halogens is 4. The second-order valence-corrected chi connectivity index (χ2v) is 7.43. The molecule has 0 amide bonds. The SMILES string of the molecule is Cc1cc(C(F)(F)F)ccc1S(=O)(=O)NC1(CN)CCCC1.Cl. The first-order chi connectivity index (χ1) is 10.1. The van der Waals surface area contributed by atoms with Crippen molar-refractivity contribution in [3.8, 4) is 0 Å². The van der Waals surface area contributed by atoms with E-state index >= 15 is 0 Å². The fourth-order valence-corrected chi connectivity index (χ4v) is 4.56. The van der Waals surface area contributed by atoms with Crippen molar-refractivity contribution >= 4 is 22.4 Å². The zero-order valence-electron chi connectivity index (χ0n) is 12.6. The maximum atomic E-state index is 12.7. The molecule has 2 rings (SSSR count). The maximum Gasteiger partial charge on any atom is 0.416 e. The van der Waals surface area contributed by atoms with Gasteiger partial charge in [0.25, 0.3) is 0 Å². The number of nitrogens with one attached hydrogen (secondary N) is 1. The molecule has 9 heteroatoms. The number of nitrogens with two attached hydrogens (primary N) is 1. The molecule has 1 aliphatic rings. The van der Waals surface area contributed by atoms with E-state index in [9.17, 15) is 21.6 Å². The normalized spacial score (nSPS) is 17.8. The highest BCUT2D eigenvalue weighted by atomic mass is 35.5. The summed E-state index contributed by atoms with van der Waals surface area (Å²) in [5, 5.41) is 0. The largest absolute Gasteiger partial charge is 0.416 e. The van der Waals surface area contributed by atoms with Gasteiger partial charge in [-0.25, -0.2) is 13.1 Å². The summed E-state index contributed by atoms with van der Waals surface area (Å²) in [6.45, 7) is 1.53. The van der Waals surface area contributed by atoms with Crippen LogP contribution in [-0.2, 0) is 16.2 Å². The van der Waals surface area contributed by atoms with Gasteiger partial charge in [-0.2, -0.15) is 13.2 Å². The molecule has 0 heterocycles. The molecular weight excluding hydrogens is 353 g/mol. The van der Waals surface area contributed by atoms with Crippen molar-refractivity contribution in [2.45, 2.75) is 49.2 Å². The van der Waals surface area contributed by atoms with Crippen LogP contribution in [0.1, 0.15) is 36.8 Å². The molecule has 0 aliphatic heterocycles. The average Bonchev–Trinajstić information content (AvgIpc) is 2.85. The van der Waals surface area contributed by atoms with Crippen molar-refractivity contribution in [3.05, 3.63) is 29.3 Å². The van der Waals surface area contributed by atoms with E-state index in [4.69, 9.17) is 5.73 Å². The van der Waals surface area contributed by atoms with E-state index in [-0.39, 0.29) is 29.4 Å². The van der Waals surface area contributed by atoms with Gasteiger partial charge in [-0.15, -0.1) is 12.4 Å². The zero-order valence-corrected chi connectivity index (χ0v) is 14.2. The van der Waals surface area contributed by atoms with Gasteiger partial charge in [0.2, 0.25) is 10.0 Å². The van der Waals surface area contributed by atoms with Crippen molar-refractivity contribution < 1.29 is 21.6 Å². The minimum Gasteiger partial charge on any atom is -0.329 e. The lowest BCUT2D eigenvalue weighted by molar-refractivity contribution is -0.137. The monoisotopic (exact) mass is 372 g/mol. The molecule has 0 unspecified atom stereocenters. The van der Waals surface area contributed by atoms with Gasteiger partial charge in [0.05, 0.1) is 10.5 Å². The lowest BCUT2D eigenvalue weighted by Crippen LogP contribution is -2.51. The van der Waals surface area contributed by atoms with Gasteiger partial charge in [-0.05, 0) is 43.5 Å². The number of sulfonamides is 1. The Morgan fingerprint density at radius 3 is 2.26 bits per heavy atom. The van der Waals surface area contributed by atoms with Crippen LogP contribution in [-0.4, -0.2) is 20.5 Å². The molecular formula is C14H20ClF3N2O2S. The average molecular weight is 373 g/mol. The molecule has 132 valence electrons. The molecule has 1 saturated carbocycles. The van der Waals surface area contributed by atoms with E-state index in [0.717, 1.165) is 31.0 Å². The van der Waals surface area contributed by atoms with Gasteiger partial charge in [0.15, 0.2) is 0 Å². The van der Waals surface area contributed by atoms with E-state index in [1.807, 2.05) is 0 Å². The number of rotatable bonds is 4. The van der Waals surface area contributed by atoms with E-state index in [1.165, 1.54) is 6.92 Å². The van der Waals surface area contributed by atoms with Gasteiger partial charge in [0, 0.05) is 12.1 Å². The summed E-state index contributed by atoms with van der Waals surface area (Å²) in [6, 6.07) is 2.63. The standard InChI is InChI=1S/C14H19F3N2O2S.ClH/c1-10-8-11(14(15,16)17)4-5-12(10)22(20,21)19-13(9-18)6-2-3-7-13;/h4-5,8,19H,2-3,6-7,9,18H2,1H3;1H. The Morgan fingerprint density at radius 1 is 1.26 bits per heavy atom. The molecule has 3 N–H and O–H groups in total. The van der Waals surface area contributed by atoms with E-state index in [0.29, 0.717) is 12.8 Å². The summed E-state index contributed by atoms with van der Waals surface area (Å²) in [4.78, 5) is -0.139. The molecule has 0 radical (unpaired) electrons. The predicted octanol–water partition coefficient (Wildman–Crippen LogP) is 2.99. The van der Waals surface area contributed by atoms with Gasteiger partial charge in [-0.1, -0.05) is 12.8 Å². The van der Waals surface area contributed by atoms with Crippen LogP contribution in [0.3, 0.4) is 0 Å². The summed E-state index contributed by atoms with van der Waals surface area (Å²) < 4.78 is 65.5. The molecule has 23 heavy (non-hydrogen) atoms. The lowest BCUT2D eigenvalue weighted by atomic mass is 10.0. The first-order valence-corrected chi connectivity index (χ1v) is 8.50. The summed E-state index contributed by atoms with van der Waals surface area (Å²) >= 11 is 0. The van der Waals surface area contributed by atoms with Crippen molar-refractivity contribution in [2.75, 3.05) is 6.54 Å². The Morgan fingerprint density at radius 2 is 1.83 bits per heavy atom. The molecule has 0 bridgehead atoms. The highest BCUT2D eigenvalue weighted by molar-refractivity contribution is 7.89. The summed E-state index contributed by atoms with van der Waals surface area (Å²) in [5.74, 6) is 0. The summed E-state index contributed by atoms with van der Waals surface area (Å²) in [6.07, 6.45) is -1.45. The number of hydrogen-bond acceptors (Lipinski definition) is 3. The van der Waals surface area contributed by atoms with E-state index in [2.05, 4.69) is 4.72 Å². The highest BCUT2D eigenvalue weighted by Crippen LogP contribution is 2.33. The highest BCUT2D eigenvalue weighted by Gasteiger charge is 2.38. The van der Waals surface area contributed by atoms with Crippen LogP contribution in [0.5, 0.6) is 0 Å². The molecule has 1 fully saturated rings. The summed E-state index contributed by atoms with van der Waals surface area (Å²) in [5.41, 5.74) is 4.21. The fraction of sp³-hybridized carbons (Fsp3) is 0.571. The van der Waals surface area contributed by atoms with Crippen molar-refractivity contribution in [2.24, 2.45) is 5.73 Å². The Hall–Kier alpha value is -0.830. The zero-order chi connectivity index (χ0) is 16.6. The minimum absolute atomic E-state index is 0. The van der Waals surface area contributed by atoms with Crippen LogP contribution in [0.15, 0.2) is 23.1 Å². The first-order valence-electron chi connectivity index (χ1n) is 7.02. The van der Waals surface area contributed by atoms with Crippen LogP contribution in [0.4, 0.5) is 13.2 Å². The smallest absolute Gasteiger partial charge is 0.329 e. The molecule has 0 spiro atoms. The van der Waals surface area contributed by atoms with E-state index in [1.54, 1.807) is 0 Å². The molecule has 0 saturated heterocycles. The maximum absolute atomic E-state index is 12.7. The van der Waals surface area contributed by atoms with Gasteiger partial charge in [0.1, 0.15) is 0 Å². The van der Waals surface area contributed by atoms with E-state index < -0.39 is 27.3 Å². The number of aryl methyl sites for hydroxylation is 1. The lowest BCUT2D eigenvalue weighted by Gasteiger charge is -2.28. The molecule has 0 atom stereocenters. The van der Waals surface area contributed by atoms with Crippen molar-refractivity contribution in [3.63, 3.8) is 0 Å². The summed E-state index contributed by atoms with van der Waals surface area (Å²) in [7, 11) is -3.90.